The molecule has 2 rings (SSSR count). The summed E-state index contributed by atoms with van der Waals surface area (Å²) >= 11 is 0. The molecule has 90 valence electrons. The minimum absolute atomic E-state index is 0. The largest absolute Gasteiger partial charge is 0.378 e. The van der Waals surface area contributed by atoms with Gasteiger partial charge in [0, 0.05) is 14.0 Å². The molecule has 0 aliphatic carbocycles. The highest BCUT2D eigenvalue weighted by Gasteiger charge is 2.33. The van der Waals surface area contributed by atoms with Crippen molar-refractivity contribution in [3.63, 3.8) is 0 Å². The summed E-state index contributed by atoms with van der Waals surface area (Å²) in [6.45, 7) is 9.28. The van der Waals surface area contributed by atoms with Crippen LogP contribution in [0, 0.1) is 0 Å². The van der Waals surface area contributed by atoms with Gasteiger partial charge in [0.15, 0.2) is 0 Å². The number of hydrogen-bond acceptors (Lipinski definition) is 3. The zero-order chi connectivity index (χ0) is 11.3. The van der Waals surface area contributed by atoms with E-state index in [4.69, 9.17) is 4.74 Å². The standard InChI is InChI=1S/C8H14N2O2.C3H8.H2/c1-6-2-9-8(11)3-10(6)7-4-12-5-7;1-3-2;/h6-7H,2-5H2,1H3,(H,9,11);3H2,1-2H3;1H/t6-;;/m0../s1. The van der Waals surface area contributed by atoms with E-state index < -0.39 is 0 Å². The Balaban J connectivity index is 0.000000511. The summed E-state index contributed by atoms with van der Waals surface area (Å²) in [6.07, 6.45) is 1.25. The van der Waals surface area contributed by atoms with Gasteiger partial charge in [-0.05, 0) is 6.92 Å². The number of carbonyl (C=O) groups excluding carboxylic acids is 1. The minimum atomic E-state index is 0. The van der Waals surface area contributed by atoms with E-state index in [-0.39, 0.29) is 7.33 Å². The molecule has 15 heavy (non-hydrogen) atoms. The number of rotatable bonds is 1. The number of hydrogen-bond donors (Lipinski definition) is 1. The Morgan fingerprint density at radius 1 is 1.53 bits per heavy atom. The van der Waals surface area contributed by atoms with Crippen molar-refractivity contribution in [2.24, 2.45) is 0 Å². The van der Waals surface area contributed by atoms with Gasteiger partial charge in [0.1, 0.15) is 0 Å². The first-order valence-corrected chi connectivity index (χ1v) is 5.79. The molecule has 4 heteroatoms. The van der Waals surface area contributed by atoms with Crippen molar-refractivity contribution >= 4 is 5.91 Å². The number of piperazine rings is 1. The highest BCUT2D eigenvalue weighted by molar-refractivity contribution is 5.78. The summed E-state index contributed by atoms with van der Waals surface area (Å²) < 4.78 is 5.10. The monoisotopic (exact) mass is 216 g/mol. The fourth-order valence-electron chi connectivity index (χ4n) is 1.66. The molecule has 0 aromatic heterocycles. The molecule has 0 aromatic rings. The summed E-state index contributed by atoms with van der Waals surface area (Å²) in [7, 11) is 0. The molecule has 2 aliphatic rings. The fraction of sp³-hybridized carbons (Fsp3) is 0.909. The third-order valence-corrected chi connectivity index (χ3v) is 2.58. The van der Waals surface area contributed by atoms with Gasteiger partial charge >= 0.3 is 0 Å². The van der Waals surface area contributed by atoms with Crippen molar-refractivity contribution in [2.75, 3.05) is 26.3 Å². The smallest absolute Gasteiger partial charge is 0.234 e. The van der Waals surface area contributed by atoms with Crippen LogP contribution >= 0.6 is 0 Å². The Labute approximate surface area is 93.5 Å². The number of nitrogens with one attached hydrogen (secondary N) is 1. The van der Waals surface area contributed by atoms with Crippen LogP contribution in [-0.2, 0) is 9.53 Å². The van der Waals surface area contributed by atoms with Crippen LogP contribution in [0.3, 0.4) is 0 Å². The predicted octanol–water partition coefficient (Wildman–Crippen LogP) is 0.868. The van der Waals surface area contributed by atoms with E-state index in [0.29, 0.717) is 18.6 Å². The van der Waals surface area contributed by atoms with Crippen LogP contribution < -0.4 is 5.32 Å². The summed E-state index contributed by atoms with van der Waals surface area (Å²) in [6, 6.07) is 0.933. The maximum absolute atomic E-state index is 11.1. The highest BCUT2D eigenvalue weighted by Crippen LogP contribution is 2.15. The van der Waals surface area contributed by atoms with E-state index in [1.165, 1.54) is 6.42 Å². The van der Waals surface area contributed by atoms with E-state index in [1.54, 1.807) is 0 Å². The molecule has 1 amide bonds. The van der Waals surface area contributed by atoms with Gasteiger partial charge in [-0.1, -0.05) is 20.3 Å². The topological polar surface area (TPSA) is 41.6 Å². The van der Waals surface area contributed by atoms with Crippen LogP contribution in [0.4, 0.5) is 0 Å². The molecular formula is C11H24N2O2. The molecule has 2 aliphatic heterocycles. The molecule has 0 aromatic carbocycles. The van der Waals surface area contributed by atoms with Crippen LogP contribution in [-0.4, -0.2) is 49.2 Å². The lowest BCUT2D eigenvalue weighted by atomic mass is 10.1. The molecule has 0 bridgehead atoms. The van der Waals surface area contributed by atoms with Crippen LogP contribution in [0.15, 0.2) is 0 Å². The quantitative estimate of drug-likeness (QED) is 0.707. The van der Waals surface area contributed by atoms with E-state index in [0.717, 1.165) is 19.8 Å². The molecule has 2 heterocycles. The Morgan fingerprint density at radius 2 is 2.13 bits per heavy atom. The predicted molar refractivity (Wildman–Crippen MR) is 61.9 cm³/mol. The maximum atomic E-state index is 11.1. The normalized spacial score (nSPS) is 27.4. The van der Waals surface area contributed by atoms with Crippen molar-refractivity contribution < 1.29 is 11.0 Å². The van der Waals surface area contributed by atoms with Crippen molar-refractivity contribution in [1.29, 1.82) is 0 Å². The van der Waals surface area contributed by atoms with E-state index in [2.05, 4.69) is 31.0 Å². The summed E-state index contributed by atoms with van der Waals surface area (Å²) in [4.78, 5) is 13.3. The zero-order valence-corrected chi connectivity index (χ0v) is 9.95. The van der Waals surface area contributed by atoms with Gasteiger partial charge in [-0.25, -0.2) is 0 Å². The zero-order valence-electron chi connectivity index (χ0n) is 9.95. The molecule has 0 radical (unpaired) electrons. The number of amides is 1. The second kappa shape index (κ2) is 6.08. The van der Waals surface area contributed by atoms with E-state index in [9.17, 15) is 4.79 Å². The lowest BCUT2D eigenvalue weighted by Crippen LogP contribution is -2.61. The van der Waals surface area contributed by atoms with Gasteiger partial charge in [-0.15, -0.1) is 0 Å². The third kappa shape index (κ3) is 3.47. The first-order valence-electron chi connectivity index (χ1n) is 5.79. The molecule has 1 N–H and O–H groups in total. The summed E-state index contributed by atoms with van der Waals surface area (Å²) in [5, 5.41) is 2.84. The molecule has 2 saturated heterocycles. The Bertz CT molecular complexity index is 208. The lowest BCUT2D eigenvalue weighted by molar-refractivity contribution is -0.133. The van der Waals surface area contributed by atoms with Crippen molar-refractivity contribution in [3.05, 3.63) is 0 Å². The number of ether oxygens (including phenoxy) is 1. The van der Waals surface area contributed by atoms with Gasteiger partial charge in [-0.3, -0.25) is 9.69 Å². The SMILES string of the molecule is CCC.C[C@H]1CNC(=O)CN1C1COC1.[HH]. The molecule has 1 atom stereocenters. The third-order valence-electron chi connectivity index (χ3n) is 2.58. The van der Waals surface area contributed by atoms with Crippen LogP contribution in [0.5, 0.6) is 0 Å². The van der Waals surface area contributed by atoms with Gasteiger partial charge < -0.3 is 10.1 Å². The molecule has 2 fully saturated rings. The van der Waals surface area contributed by atoms with Crippen LogP contribution in [0.2, 0.25) is 0 Å². The van der Waals surface area contributed by atoms with Crippen molar-refractivity contribution in [2.45, 2.75) is 39.3 Å². The van der Waals surface area contributed by atoms with Gasteiger partial charge in [0.2, 0.25) is 5.91 Å². The van der Waals surface area contributed by atoms with Gasteiger partial charge in [0.25, 0.3) is 0 Å². The van der Waals surface area contributed by atoms with Crippen LogP contribution in [0.1, 0.15) is 28.6 Å². The average molecular weight is 216 g/mol. The Morgan fingerprint density at radius 3 is 2.60 bits per heavy atom. The first kappa shape index (κ1) is 12.5. The molecule has 4 nitrogen and oxygen atoms in total. The van der Waals surface area contributed by atoms with Crippen molar-refractivity contribution in [3.8, 4) is 0 Å². The lowest BCUT2D eigenvalue weighted by Gasteiger charge is -2.42. The Kier molecular flexibility index (Phi) is 5.05. The molecular weight excluding hydrogens is 192 g/mol. The van der Waals surface area contributed by atoms with E-state index in [1.807, 2.05) is 0 Å². The number of carbonyl (C=O) groups is 1. The number of nitrogens with zero attached hydrogens (tertiary/aromatic N) is 1. The second-order valence-corrected chi connectivity index (χ2v) is 4.22. The van der Waals surface area contributed by atoms with E-state index >= 15 is 0 Å². The fourth-order valence-corrected chi connectivity index (χ4v) is 1.66. The van der Waals surface area contributed by atoms with Crippen LogP contribution in [0.25, 0.3) is 0 Å². The maximum Gasteiger partial charge on any atom is 0.234 e. The first-order chi connectivity index (χ1) is 7.19. The summed E-state index contributed by atoms with van der Waals surface area (Å²) in [5.41, 5.74) is 0. The highest BCUT2D eigenvalue weighted by atomic mass is 16.5. The second-order valence-electron chi connectivity index (χ2n) is 4.22. The Hall–Kier alpha value is -0.610. The molecule has 0 saturated carbocycles. The molecule has 0 unspecified atom stereocenters. The van der Waals surface area contributed by atoms with Gasteiger partial charge in [0.05, 0.1) is 25.8 Å². The summed E-state index contributed by atoms with van der Waals surface area (Å²) in [5.74, 6) is 0.139. The average Bonchev–Trinajstić information content (AvgIpc) is 2.10. The van der Waals surface area contributed by atoms with Gasteiger partial charge in [-0.2, -0.15) is 0 Å². The minimum Gasteiger partial charge on any atom is -0.378 e. The molecule has 0 spiro atoms. The van der Waals surface area contributed by atoms with Crippen molar-refractivity contribution in [1.82, 2.24) is 10.2 Å².